The van der Waals surface area contributed by atoms with Crippen molar-refractivity contribution in [2.75, 3.05) is 12.3 Å². The van der Waals surface area contributed by atoms with Crippen molar-refractivity contribution in [1.82, 2.24) is 4.90 Å². The topological polar surface area (TPSA) is 57.6 Å². The molecule has 0 atom stereocenters. The van der Waals surface area contributed by atoms with Crippen LogP contribution in [0, 0.1) is 5.82 Å². The van der Waals surface area contributed by atoms with Crippen LogP contribution in [0.15, 0.2) is 29.2 Å². The van der Waals surface area contributed by atoms with Gasteiger partial charge in [-0.15, -0.1) is 11.8 Å². The fourth-order valence-corrected chi connectivity index (χ4v) is 3.23. The summed E-state index contributed by atoms with van der Waals surface area (Å²) >= 11 is 1.46. The first kappa shape index (κ1) is 15.6. The van der Waals surface area contributed by atoms with Gasteiger partial charge in [0.1, 0.15) is 5.82 Å². The van der Waals surface area contributed by atoms with E-state index in [1.807, 2.05) is 6.92 Å². The van der Waals surface area contributed by atoms with Crippen molar-refractivity contribution in [2.45, 2.75) is 19.8 Å². The van der Waals surface area contributed by atoms with Crippen LogP contribution in [0.25, 0.3) is 5.70 Å². The summed E-state index contributed by atoms with van der Waals surface area (Å²) in [6.07, 6.45) is 0.631. The third-order valence-corrected chi connectivity index (χ3v) is 4.41. The molecule has 1 N–H and O–H groups in total. The molecule has 4 nitrogen and oxygen atoms in total. The number of amides is 1. The minimum atomic E-state index is -0.947. The smallest absolute Gasteiger partial charge is 0.305 e. The average Bonchev–Trinajstić information content (AvgIpc) is 2.46. The summed E-state index contributed by atoms with van der Waals surface area (Å²) in [5.41, 5.74) is 1.44. The number of carbonyl (C=O) groups is 2. The first-order valence-corrected chi connectivity index (χ1v) is 7.65. The van der Waals surface area contributed by atoms with E-state index in [1.54, 1.807) is 12.1 Å². The highest BCUT2D eigenvalue weighted by atomic mass is 32.2. The van der Waals surface area contributed by atoms with Gasteiger partial charge in [-0.25, -0.2) is 4.39 Å². The Hall–Kier alpha value is -1.82. The van der Waals surface area contributed by atoms with Gasteiger partial charge in [0.25, 0.3) is 0 Å². The summed E-state index contributed by atoms with van der Waals surface area (Å²) in [4.78, 5) is 25.4. The van der Waals surface area contributed by atoms with Crippen molar-refractivity contribution >= 4 is 29.3 Å². The molecule has 1 amide bonds. The normalized spacial score (nSPS) is 15.5. The largest absolute Gasteiger partial charge is 0.481 e. The van der Waals surface area contributed by atoms with Crippen molar-refractivity contribution in [3.05, 3.63) is 40.6 Å². The first-order chi connectivity index (χ1) is 10.0. The summed E-state index contributed by atoms with van der Waals surface area (Å²) in [5.74, 6) is -1.09. The van der Waals surface area contributed by atoms with Crippen LogP contribution in [0.2, 0.25) is 0 Å². The van der Waals surface area contributed by atoms with Crippen LogP contribution >= 0.6 is 11.8 Å². The van der Waals surface area contributed by atoms with Gasteiger partial charge in [0.15, 0.2) is 0 Å². The molecule has 1 aliphatic heterocycles. The molecule has 2 rings (SSSR count). The van der Waals surface area contributed by atoms with Gasteiger partial charge in [-0.05, 0) is 36.2 Å². The Balaban J connectivity index is 2.40. The maximum atomic E-state index is 13.1. The van der Waals surface area contributed by atoms with Crippen LogP contribution in [0.4, 0.5) is 4.39 Å². The van der Waals surface area contributed by atoms with Crippen molar-refractivity contribution in [2.24, 2.45) is 0 Å². The zero-order valence-corrected chi connectivity index (χ0v) is 12.5. The molecule has 6 heteroatoms. The van der Waals surface area contributed by atoms with E-state index >= 15 is 0 Å². The Morgan fingerprint density at radius 2 is 2.05 bits per heavy atom. The van der Waals surface area contributed by atoms with E-state index in [-0.39, 0.29) is 24.7 Å². The monoisotopic (exact) mass is 309 g/mol. The predicted molar refractivity (Wildman–Crippen MR) is 80.0 cm³/mol. The van der Waals surface area contributed by atoms with Crippen molar-refractivity contribution < 1.29 is 19.1 Å². The highest BCUT2D eigenvalue weighted by Gasteiger charge is 2.27. The molecule has 0 saturated carbocycles. The van der Waals surface area contributed by atoms with E-state index in [1.165, 1.54) is 28.8 Å². The first-order valence-electron chi connectivity index (χ1n) is 6.67. The summed E-state index contributed by atoms with van der Waals surface area (Å²) in [7, 11) is 0. The molecular formula is C15H16FNO3S. The number of nitrogens with zero attached hydrogens (tertiary/aromatic N) is 1. The second-order valence-corrected chi connectivity index (χ2v) is 5.68. The molecule has 21 heavy (non-hydrogen) atoms. The Morgan fingerprint density at radius 1 is 1.38 bits per heavy atom. The van der Waals surface area contributed by atoms with Gasteiger partial charge in [-0.1, -0.05) is 6.92 Å². The highest BCUT2D eigenvalue weighted by molar-refractivity contribution is 8.04. The molecule has 112 valence electrons. The SMILES string of the molecule is CCC1=C(c2ccc(F)cc2)N(CCC(=O)O)C(=O)CS1. The van der Waals surface area contributed by atoms with E-state index in [0.29, 0.717) is 11.4 Å². The van der Waals surface area contributed by atoms with Crippen LogP contribution in [0.3, 0.4) is 0 Å². The van der Waals surface area contributed by atoms with Crippen molar-refractivity contribution in [3.8, 4) is 0 Å². The lowest BCUT2D eigenvalue weighted by Gasteiger charge is -2.31. The van der Waals surface area contributed by atoms with Crippen LogP contribution in [0.5, 0.6) is 0 Å². The summed E-state index contributed by atoms with van der Waals surface area (Å²) in [6, 6.07) is 5.92. The molecule has 0 spiro atoms. The van der Waals surface area contributed by atoms with E-state index < -0.39 is 5.97 Å². The number of benzene rings is 1. The number of aliphatic carboxylic acids is 1. The van der Waals surface area contributed by atoms with Gasteiger partial charge in [-0.3, -0.25) is 9.59 Å². The molecule has 0 aliphatic carbocycles. The van der Waals surface area contributed by atoms with Crippen LogP contribution < -0.4 is 0 Å². The van der Waals surface area contributed by atoms with Crippen LogP contribution in [-0.4, -0.2) is 34.2 Å². The number of allylic oxidation sites excluding steroid dienone is 1. The second-order valence-electron chi connectivity index (χ2n) is 4.61. The number of hydrogen-bond acceptors (Lipinski definition) is 3. The van der Waals surface area contributed by atoms with E-state index in [0.717, 1.165) is 16.9 Å². The average molecular weight is 309 g/mol. The molecule has 0 fully saturated rings. The summed E-state index contributed by atoms with van der Waals surface area (Å²) in [5, 5.41) is 8.84. The Kier molecular flexibility index (Phi) is 5.01. The predicted octanol–water partition coefficient (Wildman–Crippen LogP) is 2.95. The van der Waals surface area contributed by atoms with Gasteiger partial charge >= 0.3 is 5.97 Å². The maximum Gasteiger partial charge on any atom is 0.305 e. The molecule has 1 aliphatic rings. The lowest BCUT2D eigenvalue weighted by molar-refractivity contribution is -0.137. The van der Waals surface area contributed by atoms with Crippen molar-refractivity contribution in [3.63, 3.8) is 0 Å². The van der Waals surface area contributed by atoms with Gasteiger partial charge in [0, 0.05) is 11.4 Å². The third-order valence-electron chi connectivity index (χ3n) is 3.19. The third kappa shape index (κ3) is 3.64. The second kappa shape index (κ2) is 6.76. The molecule has 0 unspecified atom stereocenters. The minimum absolute atomic E-state index is 0.113. The zero-order chi connectivity index (χ0) is 15.4. The number of rotatable bonds is 5. The number of halogens is 1. The molecule has 0 radical (unpaired) electrons. The Labute approximate surface area is 126 Å². The van der Waals surface area contributed by atoms with E-state index in [2.05, 4.69) is 0 Å². The zero-order valence-electron chi connectivity index (χ0n) is 11.6. The van der Waals surface area contributed by atoms with E-state index in [4.69, 9.17) is 5.11 Å². The van der Waals surface area contributed by atoms with Gasteiger partial charge in [0.2, 0.25) is 5.91 Å². The van der Waals surface area contributed by atoms with Crippen LogP contribution in [0.1, 0.15) is 25.3 Å². The fraction of sp³-hybridized carbons (Fsp3) is 0.333. The van der Waals surface area contributed by atoms with Crippen LogP contribution in [-0.2, 0) is 9.59 Å². The summed E-state index contributed by atoms with van der Waals surface area (Å²) in [6.45, 7) is 2.11. The van der Waals surface area contributed by atoms with Gasteiger partial charge in [-0.2, -0.15) is 0 Å². The van der Waals surface area contributed by atoms with Gasteiger partial charge in [0.05, 0.1) is 17.9 Å². The standard InChI is InChI=1S/C15H16FNO3S/c1-2-12-15(10-3-5-11(16)6-4-10)17(8-7-14(19)20)13(18)9-21-12/h3-6H,2,7-9H2,1H3,(H,19,20). The van der Waals surface area contributed by atoms with E-state index in [9.17, 15) is 14.0 Å². The number of hydrogen-bond donors (Lipinski definition) is 1. The maximum absolute atomic E-state index is 13.1. The molecule has 1 heterocycles. The lowest BCUT2D eigenvalue weighted by Crippen LogP contribution is -2.36. The lowest BCUT2D eigenvalue weighted by atomic mass is 10.1. The Morgan fingerprint density at radius 3 is 2.62 bits per heavy atom. The molecular weight excluding hydrogens is 293 g/mol. The Bertz CT molecular complexity index is 583. The highest BCUT2D eigenvalue weighted by Crippen LogP contribution is 2.36. The quantitative estimate of drug-likeness (QED) is 0.908. The molecule has 1 aromatic rings. The number of carboxylic acid groups (broad SMARTS) is 1. The molecule has 0 bridgehead atoms. The molecule has 0 aromatic heterocycles. The number of carboxylic acids is 1. The number of carbonyl (C=O) groups excluding carboxylic acids is 1. The minimum Gasteiger partial charge on any atom is -0.481 e. The fourth-order valence-electron chi connectivity index (χ4n) is 2.21. The molecule has 1 aromatic carbocycles. The number of thioether (sulfide) groups is 1. The van der Waals surface area contributed by atoms with Gasteiger partial charge < -0.3 is 10.0 Å². The summed E-state index contributed by atoms with van der Waals surface area (Å²) < 4.78 is 13.1. The van der Waals surface area contributed by atoms with Crippen molar-refractivity contribution in [1.29, 1.82) is 0 Å². The molecule has 0 saturated heterocycles.